The minimum atomic E-state index is -1.02. The maximum atomic E-state index is 11.0. The minimum absolute atomic E-state index is 0.106. The van der Waals surface area contributed by atoms with Gasteiger partial charge in [-0.1, -0.05) is 6.92 Å². The summed E-state index contributed by atoms with van der Waals surface area (Å²) >= 11 is 0. The van der Waals surface area contributed by atoms with Crippen LogP contribution < -0.4 is 9.64 Å². The molecule has 0 spiro atoms. The highest BCUT2D eigenvalue weighted by atomic mass is 16.5. The lowest BCUT2D eigenvalue weighted by molar-refractivity contribution is -0.144. The summed E-state index contributed by atoms with van der Waals surface area (Å²) in [7, 11) is 0. The number of hydrogen-bond acceptors (Lipinski definition) is 4. The van der Waals surface area contributed by atoms with Gasteiger partial charge in [0, 0.05) is 12.6 Å². The first-order valence-corrected chi connectivity index (χ1v) is 5.12. The summed E-state index contributed by atoms with van der Waals surface area (Å²) in [6, 6.07) is 4.58. The summed E-state index contributed by atoms with van der Waals surface area (Å²) in [4.78, 5) is 12.6. The molecule has 0 fully saturated rings. The Labute approximate surface area is 92.9 Å². The number of aliphatic carboxylic acids is 1. The SMILES string of the molecule is CCCN1c2cc(O)ccc2OC1C(=O)O. The van der Waals surface area contributed by atoms with Crippen molar-refractivity contribution < 1.29 is 19.7 Å². The van der Waals surface area contributed by atoms with Gasteiger partial charge in [-0.2, -0.15) is 0 Å². The van der Waals surface area contributed by atoms with E-state index in [-0.39, 0.29) is 5.75 Å². The molecule has 16 heavy (non-hydrogen) atoms. The first-order chi connectivity index (χ1) is 7.63. The summed E-state index contributed by atoms with van der Waals surface area (Å²) in [6.07, 6.45) is -0.181. The molecule has 5 nitrogen and oxygen atoms in total. The number of hydrogen-bond donors (Lipinski definition) is 2. The van der Waals surface area contributed by atoms with Crippen molar-refractivity contribution in [2.75, 3.05) is 11.4 Å². The van der Waals surface area contributed by atoms with Crippen LogP contribution in [0.5, 0.6) is 11.5 Å². The molecule has 0 amide bonds. The predicted molar refractivity (Wildman–Crippen MR) is 57.8 cm³/mol. The Balaban J connectivity index is 2.37. The molecule has 0 saturated heterocycles. The fraction of sp³-hybridized carbons (Fsp3) is 0.364. The number of carbonyl (C=O) groups is 1. The molecule has 0 saturated carbocycles. The maximum absolute atomic E-state index is 11.0. The van der Waals surface area contributed by atoms with Crippen molar-refractivity contribution in [1.29, 1.82) is 0 Å². The van der Waals surface area contributed by atoms with E-state index in [2.05, 4.69) is 0 Å². The van der Waals surface area contributed by atoms with E-state index in [1.54, 1.807) is 11.0 Å². The van der Waals surface area contributed by atoms with Gasteiger partial charge in [0.2, 0.25) is 0 Å². The number of ether oxygens (including phenoxy) is 1. The molecule has 1 aliphatic rings. The fourth-order valence-electron chi connectivity index (χ4n) is 1.80. The standard InChI is InChI=1S/C11H13NO4/c1-2-5-12-8-6-7(13)3-4-9(8)16-10(12)11(14)15/h3-4,6,10,13H,2,5H2,1H3,(H,14,15). The Bertz CT molecular complexity index is 418. The fourth-order valence-corrected chi connectivity index (χ4v) is 1.80. The van der Waals surface area contributed by atoms with Gasteiger partial charge in [-0.05, 0) is 18.6 Å². The molecule has 1 atom stereocenters. The summed E-state index contributed by atoms with van der Waals surface area (Å²) in [5.41, 5.74) is 0.634. The number of rotatable bonds is 3. The molecule has 0 aliphatic carbocycles. The average molecular weight is 223 g/mol. The van der Waals surface area contributed by atoms with Gasteiger partial charge >= 0.3 is 5.97 Å². The van der Waals surface area contributed by atoms with Crippen LogP contribution in [0, 0.1) is 0 Å². The normalized spacial score (nSPS) is 18.1. The van der Waals surface area contributed by atoms with Gasteiger partial charge in [0.05, 0.1) is 5.69 Å². The molecule has 1 unspecified atom stereocenters. The minimum Gasteiger partial charge on any atom is -0.508 e. The average Bonchev–Trinajstić information content (AvgIpc) is 2.58. The van der Waals surface area contributed by atoms with Gasteiger partial charge < -0.3 is 19.8 Å². The van der Waals surface area contributed by atoms with Crippen molar-refractivity contribution >= 4 is 11.7 Å². The Morgan fingerprint density at radius 2 is 2.31 bits per heavy atom. The Morgan fingerprint density at radius 3 is 2.94 bits per heavy atom. The lowest BCUT2D eigenvalue weighted by Gasteiger charge is -2.21. The van der Waals surface area contributed by atoms with Gasteiger partial charge in [-0.15, -0.1) is 0 Å². The van der Waals surface area contributed by atoms with Gasteiger partial charge in [0.1, 0.15) is 11.5 Å². The number of phenols is 1. The zero-order valence-electron chi connectivity index (χ0n) is 8.88. The van der Waals surface area contributed by atoms with Crippen molar-refractivity contribution in [2.24, 2.45) is 0 Å². The number of nitrogens with zero attached hydrogens (tertiary/aromatic N) is 1. The van der Waals surface area contributed by atoms with Crippen LogP contribution >= 0.6 is 0 Å². The van der Waals surface area contributed by atoms with Crippen LogP contribution in [-0.4, -0.2) is 29.0 Å². The van der Waals surface area contributed by atoms with Crippen molar-refractivity contribution in [1.82, 2.24) is 0 Å². The first kappa shape index (κ1) is 10.6. The smallest absolute Gasteiger partial charge is 0.366 e. The van der Waals surface area contributed by atoms with Gasteiger partial charge in [0.15, 0.2) is 0 Å². The number of carboxylic acid groups (broad SMARTS) is 1. The van der Waals surface area contributed by atoms with Crippen LogP contribution in [0.1, 0.15) is 13.3 Å². The molecule has 0 radical (unpaired) electrons. The van der Waals surface area contributed by atoms with E-state index in [1.165, 1.54) is 12.1 Å². The van der Waals surface area contributed by atoms with Crippen molar-refractivity contribution in [3.63, 3.8) is 0 Å². The zero-order chi connectivity index (χ0) is 11.7. The molecule has 1 heterocycles. The van der Waals surface area contributed by atoms with Crippen LogP contribution in [0.3, 0.4) is 0 Å². The summed E-state index contributed by atoms with van der Waals surface area (Å²) in [5, 5.41) is 18.4. The van der Waals surface area contributed by atoms with Crippen molar-refractivity contribution in [3.8, 4) is 11.5 Å². The van der Waals surface area contributed by atoms with E-state index in [0.29, 0.717) is 18.0 Å². The Hall–Kier alpha value is -1.91. The number of benzene rings is 1. The van der Waals surface area contributed by atoms with E-state index in [9.17, 15) is 9.90 Å². The molecule has 86 valence electrons. The molecule has 1 aliphatic heterocycles. The molecular formula is C11H13NO4. The molecule has 2 N–H and O–H groups in total. The molecule has 2 rings (SSSR count). The van der Waals surface area contributed by atoms with E-state index < -0.39 is 12.2 Å². The van der Waals surface area contributed by atoms with Gasteiger partial charge in [0.25, 0.3) is 6.23 Å². The second kappa shape index (κ2) is 3.92. The van der Waals surface area contributed by atoms with Crippen LogP contribution in [-0.2, 0) is 4.79 Å². The van der Waals surface area contributed by atoms with E-state index >= 15 is 0 Å². The highest BCUT2D eigenvalue weighted by Crippen LogP contribution is 2.39. The van der Waals surface area contributed by atoms with Crippen LogP contribution in [0.2, 0.25) is 0 Å². The maximum Gasteiger partial charge on any atom is 0.366 e. The number of phenolic OH excluding ortho intramolecular Hbond substituents is 1. The summed E-state index contributed by atoms with van der Waals surface area (Å²) in [5.74, 6) is -0.419. The van der Waals surface area contributed by atoms with Crippen LogP contribution in [0.25, 0.3) is 0 Å². The van der Waals surface area contributed by atoms with E-state index in [4.69, 9.17) is 9.84 Å². The summed E-state index contributed by atoms with van der Waals surface area (Å²) < 4.78 is 5.30. The number of fused-ring (bicyclic) bond motifs is 1. The summed E-state index contributed by atoms with van der Waals surface area (Å²) in [6.45, 7) is 2.53. The topological polar surface area (TPSA) is 70.0 Å². The molecular weight excluding hydrogens is 210 g/mol. The number of carboxylic acids is 1. The van der Waals surface area contributed by atoms with Gasteiger partial charge in [-0.3, -0.25) is 0 Å². The Kier molecular flexibility index (Phi) is 2.60. The largest absolute Gasteiger partial charge is 0.508 e. The molecule has 0 aromatic heterocycles. The lowest BCUT2D eigenvalue weighted by atomic mass is 10.2. The van der Waals surface area contributed by atoms with Crippen LogP contribution in [0.4, 0.5) is 5.69 Å². The predicted octanol–water partition coefficient (Wildman–Crippen LogP) is 1.41. The number of aromatic hydroxyl groups is 1. The third-order valence-corrected chi connectivity index (χ3v) is 2.45. The first-order valence-electron chi connectivity index (χ1n) is 5.12. The lowest BCUT2D eigenvalue weighted by Crippen LogP contribution is -2.41. The highest BCUT2D eigenvalue weighted by molar-refractivity contribution is 5.81. The number of anilines is 1. The highest BCUT2D eigenvalue weighted by Gasteiger charge is 2.35. The second-order valence-electron chi connectivity index (χ2n) is 3.65. The third-order valence-electron chi connectivity index (χ3n) is 2.45. The van der Waals surface area contributed by atoms with Gasteiger partial charge in [-0.25, -0.2) is 4.79 Å². The van der Waals surface area contributed by atoms with E-state index in [1.807, 2.05) is 6.92 Å². The van der Waals surface area contributed by atoms with Crippen molar-refractivity contribution in [2.45, 2.75) is 19.6 Å². The second-order valence-corrected chi connectivity index (χ2v) is 3.65. The monoisotopic (exact) mass is 223 g/mol. The molecule has 1 aromatic carbocycles. The van der Waals surface area contributed by atoms with Crippen molar-refractivity contribution in [3.05, 3.63) is 18.2 Å². The molecule has 0 bridgehead atoms. The quantitative estimate of drug-likeness (QED) is 0.810. The molecule has 1 aromatic rings. The zero-order valence-corrected chi connectivity index (χ0v) is 8.88. The third kappa shape index (κ3) is 1.64. The molecule has 5 heteroatoms. The Morgan fingerprint density at radius 1 is 1.56 bits per heavy atom. The van der Waals surface area contributed by atoms with Crippen LogP contribution in [0.15, 0.2) is 18.2 Å². The van der Waals surface area contributed by atoms with E-state index in [0.717, 1.165) is 6.42 Å².